The van der Waals surface area contributed by atoms with Gasteiger partial charge in [0.2, 0.25) is 0 Å². The van der Waals surface area contributed by atoms with E-state index in [0.717, 1.165) is 37.0 Å². The van der Waals surface area contributed by atoms with Gasteiger partial charge in [0.1, 0.15) is 12.4 Å². The zero-order chi connectivity index (χ0) is 21.7. The van der Waals surface area contributed by atoms with Crippen molar-refractivity contribution in [1.29, 1.82) is 0 Å². The van der Waals surface area contributed by atoms with E-state index >= 15 is 0 Å². The fraction of sp³-hybridized carbons (Fsp3) is 0.364. The highest BCUT2D eigenvalue weighted by Crippen LogP contribution is 2.40. The minimum absolute atomic E-state index is 0.0744. The Morgan fingerprint density at radius 3 is 2.47 bits per heavy atom. The second-order valence-corrected chi connectivity index (χ2v) is 8.82. The van der Waals surface area contributed by atoms with E-state index in [1.807, 2.05) is 22.6 Å². The van der Waals surface area contributed by atoms with Crippen LogP contribution in [-0.4, -0.2) is 11.9 Å². The number of ether oxygens (including phenoxy) is 1. The lowest BCUT2D eigenvalue weighted by Crippen LogP contribution is -2.16. The minimum atomic E-state index is -4.34. The van der Waals surface area contributed by atoms with E-state index in [1.54, 1.807) is 18.0 Å². The summed E-state index contributed by atoms with van der Waals surface area (Å²) in [7, 11) is 0. The summed E-state index contributed by atoms with van der Waals surface area (Å²) in [5.74, 6) is 1.00. The van der Waals surface area contributed by atoms with Crippen LogP contribution in [0.3, 0.4) is 0 Å². The van der Waals surface area contributed by atoms with Crippen LogP contribution < -0.4 is 9.04 Å². The number of anilines is 1. The Hall–Kier alpha value is -1.50. The lowest BCUT2D eigenvalue weighted by molar-refractivity contribution is -0.137. The van der Waals surface area contributed by atoms with Crippen molar-refractivity contribution in [2.24, 2.45) is 0 Å². The van der Waals surface area contributed by atoms with Gasteiger partial charge in [-0.15, -0.1) is 11.6 Å². The number of alkyl halides is 4. The molecule has 0 N–H and O–H groups in total. The predicted molar refractivity (Wildman–Crippen MR) is 119 cm³/mol. The topological polar surface area (TPSA) is 12.5 Å². The van der Waals surface area contributed by atoms with Crippen LogP contribution in [0.15, 0.2) is 54.2 Å². The third-order valence-electron chi connectivity index (χ3n) is 4.78. The molecular formula is C22H22Cl2F3NOS. The van der Waals surface area contributed by atoms with E-state index in [2.05, 4.69) is 6.92 Å². The first-order valence-electron chi connectivity index (χ1n) is 9.63. The number of halogens is 5. The van der Waals surface area contributed by atoms with Crippen LogP contribution in [0.2, 0.25) is 5.02 Å². The summed E-state index contributed by atoms with van der Waals surface area (Å²) in [4.78, 5) is 0. The average molecular weight is 476 g/mol. The molecule has 0 radical (unpaired) electrons. The zero-order valence-electron chi connectivity index (χ0n) is 16.4. The van der Waals surface area contributed by atoms with Crippen molar-refractivity contribution in [3.05, 3.63) is 70.4 Å². The SMILES string of the molecule is CCCCC1=CN(c2ccc(C(F)(F)F)cc2)SC1COc1ccc(CCl)c(Cl)c1. The molecule has 3 rings (SSSR count). The Morgan fingerprint density at radius 2 is 1.87 bits per heavy atom. The van der Waals surface area contributed by atoms with Crippen LogP contribution in [0.4, 0.5) is 18.9 Å². The molecule has 0 aromatic heterocycles. The third kappa shape index (κ3) is 5.80. The Bertz CT molecular complexity index is 887. The van der Waals surface area contributed by atoms with Gasteiger partial charge in [0.25, 0.3) is 0 Å². The smallest absolute Gasteiger partial charge is 0.416 e. The summed E-state index contributed by atoms with van der Waals surface area (Å²) in [6.07, 6.45) is 0.696. The highest BCUT2D eigenvalue weighted by Gasteiger charge is 2.31. The fourth-order valence-corrected chi connectivity index (χ4v) is 4.74. The number of hydrogen-bond donors (Lipinski definition) is 0. The summed E-state index contributed by atoms with van der Waals surface area (Å²) >= 11 is 13.6. The Morgan fingerprint density at radius 1 is 1.13 bits per heavy atom. The van der Waals surface area contributed by atoms with Crippen molar-refractivity contribution < 1.29 is 17.9 Å². The molecule has 0 amide bonds. The maximum absolute atomic E-state index is 12.8. The van der Waals surface area contributed by atoms with Gasteiger partial charge in [-0.1, -0.05) is 31.0 Å². The molecule has 2 aromatic carbocycles. The van der Waals surface area contributed by atoms with Crippen LogP contribution >= 0.6 is 35.1 Å². The summed E-state index contributed by atoms with van der Waals surface area (Å²) in [6, 6.07) is 10.7. The Labute approximate surface area is 189 Å². The average Bonchev–Trinajstić information content (AvgIpc) is 3.13. The van der Waals surface area contributed by atoms with Crippen molar-refractivity contribution in [1.82, 2.24) is 0 Å². The van der Waals surface area contributed by atoms with Gasteiger partial charge < -0.3 is 4.74 Å². The summed E-state index contributed by atoms with van der Waals surface area (Å²) in [5, 5.41) is 0.639. The number of unbranched alkanes of at least 4 members (excludes halogenated alkanes) is 1. The largest absolute Gasteiger partial charge is 0.492 e. The summed E-state index contributed by atoms with van der Waals surface area (Å²) < 4.78 is 46.4. The highest BCUT2D eigenvalue weighted by molar-refractivity contribution is 8.01. The second kappa shape index (κ2) is 10.2. The number of hydrogen-bond acceptors (Lipinski definition) is 3. The van der Waals surface area contributed by atoms with Crippen LogP contribution in [0.5, 0.6) is 5.75 Å². The van der Waals surface area contributed by atoms with Crippen molar-refractivity contribution >= 4 is 40.8 Å². The zero-order valence-corrected chi connectivity index (χ0v) is 18.7. The highest BCUT2D eigenvalue weighted by atomic mass is 35.5. The van der Waals surface area contributed by atoms with Gasteiger partial charge in [-0.2, -0.15) is 13.2 Å². The predicted octanol–water partition coefficient (Wildman–Crippen LogP) is 8.09. The first kappa shape index (κ1) is 23.2. The van der Waals surface area contributed by atoms with Gasteiger partial charge in [-0.3, -0.25) is 4.31 Å². The van der Waals surface area contributed by atoms with E-state index in [-0.39, 0.29) is 5.25 Å². The van der Waals surface area contributed by atoms with Gasteiger partial charge in [-0.25, -0.2) is 0 Å². The van der Waals surface area contributed by atoms with Gasteiger partial charge in [0, 0.05) is 17.1 Å². The molecule has 2 nitrogen and oxygen atoms in total. The monoisotopic (exact) mass is 475 g/mol. The number of rotatable bonds is 8. The van der Waals surface area contributed by atoms with Crippen molar-refractivity contribution in [2.45, 2.75) is 43.5 Å². The molecule has 0 aliphatic carbocycles. The molecule has 0 bridgehead atoms. The summed E-state index contributed by atoms with van der Waals surface area (Å²) in [5.41, 5.74) is 2.12. The number of nitrogens with zero attached hydrogens (tertiary/aromatic N) is 1. The standard InChI is InChI=1S/C22H22Cl2F3NOS/c1-2-3-4-16-13-28(18-8-6-17(7-9-18)22(25,26)27)30-21(16)14-29-19-10-5-15(12-23)20(24)11-19/h5-11,13,21H,2-4,12,14H2,1H3. The Kier molecular flexibility index (Phi) is 7.88. The molecule has 1 aliphatic heterocycles. The molecule has 0 fully saturated rings. The van der Waals surface area contributed by atoms with E-state index in [9.17, 15) is 13.2 Å². The maximum atomic E-state index is 12.8. The summed E-state index contributed by atoms with van der Waals surface area (Å²) in [6.45, 7) is 2.57. The third-order valence-corrected chi connectivity index (χ3v) is 6.65. The molecule has 1 aliphatic rings. The molecule has 0 saturated heterocycles. The molecule has 0 saturated carbocycles. The van der Waals surface area contributed by atoms with Crippen molar-refractivity contribution in [3.63, 3.8) is 0 Å². The van der Waals surface area contributed by atoms with Crippen LogP contribution in [0, 0.1) is 0 Å². The van der Waals surface area contributed by atoms with Crippen LogP contribution in [-0.2, 0) is 12.1 Å². The molecule has 1 atom stereocenters. The molecule has 1 heterocycles. The van der Waals surface area contributed by atoms with E-state index in [1.165, 1.54) is 17.7 Å². The number of benzene rings is 2. The maximum Gasteiger partial charge on any atom is 0.416 e. The van der Waals surface area contributed by atoms with Crippen molar-refractivity contribution in [2.75, 3.05) is 10.9 Å². The van der Waals surface area contributed by atoms with Gasteiger partial charge in [-0.05, 0) is 72.3 Å². The molecule has 162 valence electrons. The van der Waals surface area contributed by atoms with Crippen LogP contribution in [0.25, 0.3) is 0 Å². The lowest BCUT2D eigenvalue weighted by Gasteiger charge is -2.19. The molecular weight excluding hydrogens is 454 g/mol. The molecule has 0 spiro atoms. The van der Waals surface area contributed by atoms with Gasteiger partial charge >= 0.3 is 6.18 Å². The molecule has 8 heteroatoms. The van der Waals surface area contributed by atoms with Gasteiger partial charge in [0.05, 0.1) is 16.5 Å². The van der Waals surface area contributed by atoms with E-state index in [4.69, 9.17) is 27.9 Å². The molecule has 2 aromatic rings. The first-order valence-corrected chi connectivity index (χ1v) is 11.4. The first-order chi connectivity index (χ1) is 14.3. The van der Waals surface area contributed by atoms with Gasteiger partial charge in [0.15, 0.2) is 0 Å². The molecule has 1 unspecified atom stereocenters. The normalized spacial score (nSPS) is 16.7. The quantitative estimate of drug-likeness (QED) is 0.282. The second-order valence-electron chi connectivity index (χ2n) is 6.97. The van der Waals surface area contributed by atoms with E-state index in [0.29, 0.717) is 28.9 Å². The fourth-order valence-electron chi connectivity index (χ4n) is 3.04. The van der Waals surface area contributed by atoms with Crippen molar-refractivity contribution in [3.8, 4) is 5.75 Å². The minimum Gasteiger partial charge on any atom is -0.492 e. The van der Waals surface area contributed by atoms with E-state index < -0.39 is 11.7 Å². The Balaban J connectivity index is 1.70. The van der Waals surface area contributed by atoms with Crippen LogP contribution in [0.1, 0.15) is 37.3 Å². The lowest BCUT2D eigenvalue weighted by atomic mass is 10.1. The molecule has 30 heavy (non-hydrogen) atoms.